The number of nitrogens with one attached hydrogen (secondary N) is 1. The zero-order valence-corrected chi connectivity index (χ0v) is 12.1. The minimum atomic E-state index is -0.735. The molecule has 0 unspecified atom stereocenters. The molecule has 0 aromatic heterocycles. The van der Waals surface area contributed by atoms with Crippen molar-refractivity contribution in [1.82, 2.24) is 10.2 Å². The van der Waals surface area contributed by atoms with Crippen LogP contribution in [0.25, 0.3) is 0 Å². The molecule has 1 aromatic rings. The lowest BCUT2D eigenvalue weighted by Gasteiger charge is -2.40. The summed E-state index contributed by atoms with van der Waals surface area (Å²) in [5.41, 5.74) is 1.03. The Hall–Kier alpha value is -2.16. The van der Waals surface area contributed by atoms with Crippen LogP contribution in [-0.2, 0) is 16.1 Å². The third-order valence-electron chi connectivity index (χ3n) is 3.55. The van der Waals surface area contributed by atoms with Crippen molar-refractivity contribution < 1.29 is 14.7 Å². The maximum Gasteiger partial charge on any atom is 0.246 e. The average molecular weight is 286 g/mol. The number of aliphatic hydroxyl groups is 1. The third kappa shape index (κ3) is 3.48. The smallest absolute Gasteiger partial charge is 0.246 e. The normalized spacial score (nSPS) is 17.9. The molecule has 1 saturated heterocycles. The first-order valence-electron chi connectivity index (χ1n) is 6.71. The van der Waals surface area contributed by atoms with Crippen LogP contribution in [0.2, 0.25) is 0 Å². The van der Waals surface area contributed by atoms with Gasteiger partial charge in [0, 0.05) is 12.1 Å². The van der Waals surface area contributed by atoms with E-state index in [-0.39, 0.29) is 25.0 Å². The second-order valence-electron chi connectivity index (χ2n) is 5.45. The van der Waals surface area contributed by atoms with Crippen LogP contribution in [0.4, 0.5) is 0 Å². The predicted octanol–water partition coefficient (Wildman–Crippen LogP) is 0.267. The lowest BCUT2D eigenvalue weighted by Crippen LogP contribution is -2.63. The zero-order valence-electron chi connectivity index (χ0n) is 12.1. The van der Waals surface area contributed by atoms with Crippen LogP contribution in [0, 0.1) is 11.8 Å². The molecule has 21 heavy (non-hydrogen) atoms. The number of aliphatic hydroxyl groups excluding tert-OH is 1. The molecule has 1 fully saturated rings. The summed E-state index contributed by atoms with van der Waals surface area (Å²) in [6, 6.07) is 7.55. The Labute approximate surface area is 124 Å². The molecular weight excluding hydrogens is 268 g/mol. The molecule has 110 valence electrons. The molecule has 1 aliphatic rings. The van der Waals surface area contributed by atoms with Crippen LogP contribution in [-0.4, -0.2) is 40.5 Å². The van der Waals surface area contributed by atoms with E-state index in [2.05, 4.69) is 17.2 Å². The molecule has 1 aliphatic heterocycles. The van der Waals surface area contributed by atoms with Gasteiger partial charge in [0.25, 0.3) is 0 Å². The van der Waals surface area contributed by atoms with Crippen LogP contribution >= 0.6 is 0 Å². The Morgan fingerprint density at radius 1 is 1.38 bits per heavy atom. The number of benzene rings is 1. The molecule has 0 saturated carbocycles. The van der Waals surface area contributed by atoms with E-state index >= 15 is 0 Å². The van der Waals surface area contributed by atoms with Gasteiger partial charge < -0.3 is 5.11 Å². The fraction of sp³-hybridized carbons (Fsp3) is 0.375. The molecule has 0 spiro atoms. The fourth-order valence-corrected chi connectivity index (χ4v) is 2.20. The van der Waals surface area contributed by atoms with Crippen molar-refractivity contribution in [1.29, 1.82) is 0 Å². The molecular formula is C16H18N2O3. The molecule has 2 N–H and O–H groups in total. The van der Waals surface area contributed by atoms with Gasteiger partial charge in [-0.1, -0.05) is 24.0 Å². The molecule has 0 aliphatic carbocycles. The van der Waals surface area contributed by atoms with Crippen molar-refractivity contribution in [2.24, 2.45) is 0 Å². The number of carbonyl (C=O) groups is 2. The highest BCUT2D eigenvalue weighted by molar-refractivity contribution is 6.02. The summed E-state index contributed by atoms with van der Waals surface area (Å²) in [5, 5.41) is 11.1. The Kier molecular flexibility index (Phi) is 4.41. The Morgan fingerprint density at radius 3 is 2.86 bits per heavy atom. The van der Waals surface area contributed by atoms with E-state index in [9.17, 15) is 9.59 Å². The summed E-state index contributed by atoms with van der Waals surface area (Å²) in [5.74, 6) is 4.88. The van der Waals surface area contributed by atoms with E-state index in [0.717, 1.165) is 11.1 Å². The first-order chi connectivity index (χ1) is 9.93. The number of hydrogen-bond acceptors (Lipinski definition) is 4. The van der Waals surface area contributed by atoms with Gasteiger partial charge in [0.1, 0.15) is 6.61 Å². The number of rotatable bonds is 2. The maximum absolute atomic E-state index is 11.9. The van der Waals surface area contributed by atoms with Gasteiger partial charge in [-0.2, -0.15) is 0 Å². The molecule has 5 heteroatoms. The van der Waals surface area contributed by atoms with Crippen molar-refractivity contribution in [3.8, 4) is 11.8 Å². The number of nitrogens with zero attached hydrogens (tertiary/aromatic N) is 1. The first-order valence-corrected chi connectivity index (χ1v) is 6.71. The van der Waals surface area contributed by atoms with Gasteiger partial charge in [-0.3, -0.25) is 19.8 Å². The summed E-state index contributed by atoms with van der Waals surface area (Å²) in [6.07, 6.45) is 0. The Bertz CT molecular complexity index is 626. The van der Waals surface area contributed by atoms with E-state index in [1.54, 1.807) is 13.8 Å². The molecule has 2 rings (SSSR count). The third-order valence-corrected chi connectivity index (χ3v) is 3.55. The summed E-state index contributed by atoms with van der Waals surface area (Å²) in [7, 11) is 0. The van der Waals surface area contributed by atoms with Gasteiger partial charge in [-0.05, 0) is 31.5 Å². The minimum Gasteiger partial charge on any atom is -0.384 e. The highest BCUT2D eigenvalue weighted by atomic mass is 16.2. The largest absolute Gasteiger partial charge is 0.384 e. The summed E-state index contributed by atoms with van der Waals surface area (Å²) >= 11 is 0. The molecule has 5 nitrogen and oxygen atoms in total. The van der Waals surface area contributed by atoms with Crippen molar-refractivity contribution in [3.63, 3.8) is 0 Å². The van der Waals surface area contributed by atoms with Crippen LogP contribution in [0.15, 0.2) is 24.3 Å². The lowest BCUT2D eigenvalue weighted by molar-refractivity contribution is -0.145. The van der Waals surface area contributed by atoms with Crippen molar-refractivity contribution >= 4 is 11.8 Å². The zero-order chi connectivity index (χ0) is 15.5. The van der Waals surface area contributed by atoms with Crippen molar-refractivity contribution in [3.05, 3.63) is 35.4 Å². The van der Waals surface area contributed by atoms with E-state index < -0.39 is 5.54 Å². The monoisotopic (exact) mass is 286 g/mol. The van der Waals surface area contributed by atoms with Gasteiger partial charge in [0.15, 0.2) is 0 Å². The van der Waals surface area contributed by atoms with Crippen LogP contribution in [0.5, 0.6) is 0 Å². The topological polar surface area (TPSA) is 69.6 Å². The Morgan fingerprint density at radius 2 is 2.14 bits per heavy atom. The summed E-state index contributed by atoms with van der Waals surface area (Å²) < 4.78 is 0. The maximum atomic E-state index is 11.9. The SMILES string of the molecule is CC1(C)C(=O)NC(=O)CN1Cc1cccc(C#CCO)c1. The van der Waals surface area contributed by atoms with E-state index in [4.69, 9.17) is 5.11 Å². The Balaban J connectivity index is 2.20. The van der Waals surface area contributed by atoms with Crippen LogP contribution in [0.1, 0.15) is 25.0 Å². The standard InChI is InChI=1S/C16H18N2O3/c1-16(2)15(21)17-14(20)11-18(16)10-13-6-3-5-12(9-13)7-4-8-19/h3,5-6,9,19H,8,10-11H2,1-2H3,(H,17,20,21). The highest BCUT2D eigenvalue weighted by Crippen LogP contribution is 2.21. The van der Waals surface area contributed by atoms with Crippen LogP contribution in [0.3, 0.4) is 0 Å². The first kappa shape index (κ1) is 15.2. The van der Waals surface area contributed by atoms with E-state index in [1.165, 1.54) is 0 Å². The number of imide groups is 1. The van der Waals surface area contributed by atoms with Crippen molar-refractivity contribution in [2.75, 3.05) is 13.2 Å². The van der Waals surface area contributed by atoms with Crippen LogP contribution < -0.4 is 5.32 Å². The number of piperazine rings is 1. The summed E-state index contributed by atoms with van der Waals surface area (Å²) in [4.78, 5) is 25.3. The second-order valence-corrected chi connectivity index (χ2v) is 5.45. The van der Waals surface area contributed by atoms with Gasteiger partial charge in [-0.15, -0.1) is 0 Å². The highest BCUT2D eigenvalue weighted by Gasteiger charge is 2.40. The van der Waals surface area contributed by atoms with Crippen molar-refractivity contribution in [2.45, 2.75) is 25.9 Å². The van der Waals surface area contributed by atoms with Gasteiger partial charge in [0.05, 0.1) is 12.1 Å². The number of amides is 2. The minimum absolute atomic E-state index is 0.182. The second kappa shape index (κ2) is 6.08. The molecule has 0 radical (unpaired) electrons. The van der Waals surface area contributed by atoms with Gasteiger partial charge in [-0.25, -0.2) is 0 Å². The van der Waals surface area contributed by atoms with E-state index in [1.807, 2.05) is 29.2 Å². The fourth-order valence-electron chi connectivity index (χ4n) is 2.20. The van der Waals surface area contributed by atoms with Gasteiger partial charge >= 0.3 is 0 Å². The average Bonchev–Trinajstić information content (AvgIpc) is 2.43. The molecule has 2 amide bonds. The molecule has 0 atom stereocenters. The molecule has 0 bridgehead atoms. The molecule has 1 heterocycles. The molecule has 1 aromatic carbocycles. The lowest BCUT2D eigenvalue weighted by atomic mass is 9.97. The summed E-state index contributed by atoms with van der Waals surface area (Å²) in [6.45, 7) is 4.08. The van der Waals surface area contributed by atoms with E-state index in [0.29, 0.717) is 6.54 Å². The number of hydrogen-bond donors (Lipinski definition) is 2. The predicted molar refractivity (Wildman–Crippen MR) is 78.0 cm³/mol. The quantitative estimate of drug-likeness (QED) is 0.605. The number of carbonyl (C=O) groups excluding carboxylic acids is 2. The van der Waals surface area contributed by atoms with Gasteiger partial charge in [0.2, 0.25) is 11.8 Å².